The maximum absolute atomic E-state index is 13.4. The van der Waals surface area contributed by atoms with Crippen LogP contribution in [-0.2, 0) is 74.5 Å². The van der Waals surface area contributed by atoms with E-state index in [0.29, 0.717) is 52.7 Å². The van der Waals surface area contributed by atoms with Crippen molar-refractivity contribution in [2.45, 2.75) is 83.9 Å². The van der Waals surface area contributed by atoms with Gasteiger partial charge in [0, 0.05) is 56.6 Å². The highest BCUT2D eigenvalue weighted by Gasteiger charge is 2.48. The lowest BCUT2D eigenvalue weighted by Gasteiger charge is -2.10. The molecule has 0 heterocycles. The third-order valence-corrected chi connectivity index (χ3v) is 20.6. The molecule has 10 aromatic rings. The van der Waals surface area contributed by atoms with Crippen LogP contribution in [0.2, 0.25) is 19.6 Å². The Morgan fingerprint density at radius 3 is 1.17 bits per heavy atom. The summed E-state index contributed by atoms with van der Waals surface area (Å²) in [7, 11) is -5.60. The fourth-order valence-electron chi connectivity index (χ4n) is 7.84. The molecule has 0 aromatic heterocycles. The van der Waals surface area contributed by atoms with Crippen LogP contribution in [0.15, 0.2) is 194 Å². The van der Waals surface area contributed by atoms with Gasteiger partial charge in [0.2, 0.25) is 0 Å². The number of aryl methyl sites for hydroxylation is 1. The summed E-state index contributed by atoms with van der Waals surface area (Å²) in [5.74, 6) is -10.6. The summed E-state index contributed by atoms with van der Waals surface area (Å²) in [5, 5.41) is 60.1. The predicted molar refractivity (Wildman–Crippen MR) is 511 cm³/mol. The first-order valence-corrected chi connectivity index (χ1v) is 48.2. The van der Waals surface area contributed by atoms with Gasteiger partial charge in [0.25, 0.3) is 0 Å². The number of aliphatic carboxylic acids is 1. The van der Waals surface area contributed by atoms with Crippen molar-refractivity contribution in [1.82, 2.24) is 0 Å². The number of alkyl halides is 4. The number of terminal acetylenes is 1. The average molecular weight is 2550 g/mol. The van der Waals surface area contributed by atoms with E-state index in [-0.39, 0.29) is 90.1 Å². The third-order valence-electron chi connectivity index (χ3n) is 14.1. The topological polar surface area (TPSA) is 331 Å². The van der Waals surface area contributed by atoms with Crippen molar-refractivity contribution in [3.63, 3.8) is 0 Å². The van der Waals surface area contributed by atoms with E-state index in [4.69, 9.17) is 47.2 Å². The molecule has 10 aromatic carbocycles. The van der Waals surface area contributed by atoms with Gasteiger partial charge in [0.05, 0.1) is 80.9 Å². The maximum atomic E-state index is 13.4. The number of hydrogen-bond donors (Lipinski definition) is 5. The lowest BCUT2D eigenvalue weighted by Crippen LogP contribution is -2.28. The van der Waals surface area contributed by atoms with Crippen molar-refractivity contribution in [2.75, 3.05) is 26.9 Å². The zero-order chi connectivity index (χ0) is 97.1. The quantitative estimate of drug-likeness (QED) is 0.00690. The van der Waals surface area contributed by atoms with E-state index in [1.165, 1.54) is 66.1 Å². The summed E-state index contributed by atoms with van der Waals surface area (Å²) in [5.41, 5.74) is -0.0207. The van der Waals surface area contributed by atoms with Crippen LogP contribution in [0, 0.1) is 110 Å². The van der Waals surface area contributed by atoms with E-state index in [2.05, 4.69) is 150 Å². The molecule has 0 spiro atoms. The Hall–Kier alpha value is -8.98. The minimum atomic E-state index is -5.89. The van der Waals surface area contributed by atoms with Crippen molar-refractivity contribution >= 4 is 205 Å². The smallest absolute Gasteiger partial charge is 0.508 e. The van der Waals surface area contributed by atoms with Gasteiger partial charge in [-0.25, -0.2) is 49.5 Å². The number of phenols is 3. The van der Waals surface area contributed by atoms with E-state index in [0.717, 1.165) is 65.4 Å². The molecule has 0 aliphatic heterocycles. The van der Waals surface area contributed by atoms with Crippen molar-refractivity contribution in [3.05, 3.63) is 318 Å². The highest BCUT2D eigenvalue weighted by Crippen LogP contribution is 2.29. The molecule has 5 N–H and O–H groups in total. The van der Waals surface area contributed by atoms with E-state index < -0.39 is 93.7 Å². The number of nitrogens with zero attached hydrogens (tertiary/aromatic N) is 2. The van der Waals surface area contributed by atoms with Crippen LogP contribution in [0.1, 0.15) is 90.8 Å². The fourth-order valence-corrected chi connectivity index (χ4v) is 11.3. The van der Waals surface area contributed by atoms with E-state index in [9.17, 15) is 85.5 Å². The number of carboxylic acids is 2. The molecule has 0 fully saturated rings. The number of methoxy groups -OCH3 is 1. The number of esters is 4. The van der Waals surface area contributed by atoms with Crippen LogP contribution in [-0.4, -0.2) is 110 Å². The number of ether oxygens (including phenoxy) is 4. The Kier molecular flexibility index (Phi) is 57.9. The number of carboxylic acid groups (broad SMARTS) is 2. The van der Waals surface area contributed by atoms with Gasteiger partial charge in [0.1, 0.15) is 83.7 Å². The van der Waals surface area contributed by atoms with E-state index in [1.54, 1.807) is 63.2 Å². The minimum absolute atomic E-state index is 0.00338. The number of rotatable bonds is 16. The normalized spacial score (nSPS) is 9.98. The third kappa shape index (κ3) is 51.1. The lowest BCUT2D eigenvalue weighted by atomic mass is 10.1. The molecule has 10 rings (SSSR count). The fraction of sp³-hybridized carbons (Fsp3) is 0.195. The Morgan fingerprint density at radius 1 is 0.465 bits per heavy atom. The van der Waals surface area contributed by atoms with Crippen LogP contribution in [0.5, 0.6) is 23.0 Å². The molecule has 680 valence electrons. The number of nitriles is 2. The maximum Gasteiger partial charge on any atom is 0.534 e. The first kappa shape index (κ1) is 118. The molecule has 40 heteroatoms. The first-order valence-electron chi connectivity index (χ1n) is 35.7. The molecule has 0 radical (unpaired) electrons. The number of hydrogen-bond acceptors (Lipinski definition) is 18. The van der Waals surface area contributed by atoms with Gasteiger partial charge in [-0.05, 0) is 312 Å². The van der Waals surface area contributed by atoms with Gasteiger partial charge in [-0.15, -0.1) is 12.0 Å². The Morgan fingerprint density at radius 2 is 0.835 bits per heavy atom. The molecule has 0 amide bonds. The Bertz CT molecular complexity index is 5520. The summed E-state index contributed by atoms with van der Waals surface area (Å²) in [4.78, 5) is 64.6. The standard InChI is InChI=1S/C10H8F4O5S.C10H10FIO2.C9H9FO3.C9H9IO2.C8H5FIN.C8H7IO2.C7H5BrFI.C7H6FI.C7H4FNO.C7H5FO3.C5H10Si/c1-2-18-9(15)7-4-3-6(5-8(7)11)19-20(16,17)10(12,13)14;1-2-14-10(13)5-7-3-4-8(12)6-9(7)11;1-2-13-9(12)7-4-3-6(11)5-8(7)10;1-12-9(11)6-7-2-4-8(10)5-3-7;9-8-5-7(10)2-1-6(8)3-4-11;9-7-3-1-6(2-4-7)5-8(10)11;8-4-5-1-2-6(10)3-7(5)9;1-5-2-3-6(9)4-7(5)8;8-7-3-6(10)2-1-5(7)4-9;8-6-3-4(9)1-2-5(6)7(10)11;1-5-6(2,3)4/h3-5H,2H2,1H3;3-4,6H,2,5H2,1H3;3-5,11H,2H2,1H3;2-5H,6H2,1H3;1-2,5H,3H2;1-4H,5H2,(H,10,11);1-3H,4H2;2-4H,1H3;1-3,10H;1-3,9H,(H,10,11);1H,2-4H3. The Balaban J connectivity index is 0.00000139. The Labute approximate surface area is 817 Å². The van der Waals surface area contributed by atoms with Gasteiger partial charge in [-0.1, -0.05) is 84.1 Å². The number of benzene rings is 10. The summed E-state index contributed by atoms with van der Waals surface area (Å²) in [6.07, 6.45) is 5.72. The predicted octanol–water partition coefficient (Wildman–Crippen LogP) is 23.1. The van der Waals surface area contributed by atoms with Crippen LogP contribution in [0.25, 0.3) is 0 Å². The number of phenolic OH excluding ortho intramolecular Hbond substituents is 3. The zero-order valence-electron chi connectivity index (χ0n) is 67.9. The van der Waals surface area contributed by atoms with Gasteiger partial charge in [0.15, 0.2) is 0 Å². The number of carbonyl (C=O) groups is 6. The second kappa shape index (κ2) is 62.3. The van der Waals surface area contributed by atoms with Crippen LogP contribution in [0.4, 0.5) is 48.3 Å². The average Bonchev–Trinajstić information content (AvgIpc) is 0.809. The number of aromatic hydroxyl groups is 3. The van der Waals surface area contributed by atoms with Crippen molar-refractivity contribution in [2.24, 2.45) is 0 Å². The first-order chi connectivity index (χ1) is 59.3. The SMILES string of the molecule is C#C[Si](C)(C)C.CCOC(=O)Cc1ccc(I)cc1F.CCOC(=O)c1ccc(O)cc1F.CCOC(=O)c1ccc(OS(=O)(=O)C(F)(F)F)cc1F.COC(=O)Cc1ccc(I)cc1.Cc1ccc(I)cc1F.Fc1cc(I)ccc1CBr.N#CCc1ccc(I)cc1F.N#Cc1ccc(O)cc1F.O=C(O)Cc1ccc(I)cc1.O=C(O)c1ccc(O)cc1F. The van der Waals surface area contributed by atoms with Crippen molar-refractivity contribution in [3.8, 4) is 47.1 Å². The second-order valence-corrected chi connectivity index (χ2v) is 39.4. The highest BCUT2D eigenvalue weighted by atomic mass is 127. The van der Waals surface area contributed by atoms with E-state index in [1.807, 2.05) is 112 Å². The minimum Gasteiger partial charge on any atom is -0.508 e. The molecule has 0 unspecified atom stereocenters. The monoisotopic (exact) mass is 2550 g/mol. The van der Waals surface area contributed by atoms with Gasteiger partial charge < -0.3 is 48.7 Å². The molecule has 0 aliphatic rings. The van der Waals surface area contributed by atoms with E-state index >= 15 is 0 Å². The lowest BCUT2D eigenvalue weighted by molar-refractivity contribution is -0.142. The molecule has 0 bridgehead atoms. The van der Waals surface area contributed by atoms with Crippen LogP contribution in [0.3, 0.4) is 0 Å². The molecular weight excluding hydrogens is 2470 g/mol. The summed E-state index contributed by atoms with van der Waals surface area (Å²) in [6.45, 7) is 13.5. The number of carbonyl (C=O) groups excluding carboxylic acids is 4. The molecule has 0 aliphatic carbocycles. The van der Waals surface area contributed by atoms with Crippen molar-refractivity contribution in [1.29, 1.82) is 10.5 Å². The molecular formula is C87H78BrF11I6N2O18SSi. The molecule has 127 heavy (non-hydrogen) atoms. The van der Waals surface area contributed by atoms with Gasteiger partial charge in [-0.2, -0.15) is 32.1 Å². The molecule has 0 atom stereocenters. The number of aromatic carboxylic acids is 1. The van der Waals surface area contributed by atoms with Crippen LogP contribution >= 0.6 is 151 Å². The zero-order valence-corrected chi connectivity index (χ0v) is 84.2. The highest BCUT2D eigenvalue weighted by molar-refractivity contribution is 14.1. The van der Waals surface area contributed by atoms with Crippen LogP contribution < -0.4 is 4.18 Å². The second-order valence-electron chi connectivity index (χ2n) is 25.0. The molecule has 0 saturated heterocycles. The van der Waals surface area contributed by atoms with Gasteiger partial charge >= 0.3 is 51.4 Å². The molecule has 0 saturated carbocycles. The van der Waals surface area contributed by atoms with Crippen molar-refractivity contribution < 1.29 is 134 Å². The summed E-state index contributed by atoms with van der Waals surface area (Å²) in [6, 6.07) is 50.2. The summed E-state index contributed by atoms with van der Waals surface area (Å²) < 4.78 is 188. The molecule has 20 nitrogen and oxygen atoms in total. The largest absolute Gasteiger partial charge is 0.534 e. The summed E-state index contributed by atoms with van der Waals surface area (Å²) >= 11 is 15.8. The number of halogens is 18. The van der Waals surface area contributed by atoms with Gasteiger partial charge in [-0.3, -0.25) is 14.4 Å².